The molecule has 0 atom stereocenters. The predicted octanol–water partition coefficient (Wildman–Crippen LogP) is 9.71. The Hall–Kier alpha value is -6.00. The number of ether oxygens (including phenoxy) is 1. The van der Waals surface area contributed by atoms with Crippen molar-refractivity contribution in [2.45, 2.75) is 5.41 Å². The van der Waals surface area contributed by atoms with E-state index in [1.807, 2.05) is 30.6 Å². The predicted molar refractivity (Wildman–Crippen MR) is 179 cm³/mol. The van der Waals surface area contributed by atoms with Crippen molar-refractivity contribution in [3.63, 3.8) is 0 Å². The fraction of sp³-hybridized carbons (Fsp3) is 0.0244. The molecule has 4 nitrogen and oxygen atoms in total. The van der Waals surface area contributed by atoms with Crippen LogP contribution >= 0.6 is 0 Å². The Morgan fingerprint density at radius 3 is 1.98 bits per heavy atom. The largest absolute Gasteiger partial charge is 0.457 e. The van der Waals surface area contributed by atoms with Crippen LogP contribution in [-0.4, -0.2) is 14.5 Å². The van der Waals surface area contributed by atoms with Gasteiger partial charge in [0.15, 0.2) is 0 Å². The molecule has 1 aliphatic heterocycles. The van der Waals surface area contributed by atoms with E-state index in [0.29, 0.717) is 0 Å². The molecule has 210 valence electrons. The van der Waals surface area contributed by atoms with E-state index in [0.717, 1.165) is 62.0 Å². The van der Waals surface area contributed by atoms with E-state index in [4.69, 9.17) is 14.7 Å². The molecular weight excluding hydrogens is 550 g/mol. The summed E-state index contributed by atoms with van der Waals surface area (Å²) in [5.74, 6) is 1.72. The molecule has 1 aliphatic carbocycles. The molecule has 0 unspecified atom stereocenters. The normalized spacial score (nSPS) is 13.7. The molecule has 0 saturated carbocycles. The number of hydrogen-bond donors (Lipinski definition) is 0. The minimum Gasteiger partial charge on any atom is -0.457 e. The maximum absolute atomic E-state index is 6.49. The summed E-state index contributed by atoms with van der Waals surface area (Å²) >= 11 is 0. The van der Waals surface area contributed by atoms with Crippen molar-refractivity contribution < 1.29 is 4.74 Å². The van der Waals surface area contributed by atoms with Gasteiger partial charge in [-0.25, -0.2) is 0 Å². The molecule has 0 radical (unpaired) electrons. The van der Waals surface area contributed by atoms with Gasteiger partial charge in [0.05, 0.1) is 27.8 Å². The van der Waals surface area contributed by atoms with Crippen molar-refractivity contribution in [3.05, 3.63) is 174 Å². The zero-order valence-electron chi connectivity index (χ0n) is 24.2. The van der Waals surface area contributed by atoms with Gasteiger partial charge in [0, 0.05) is 51.1 Å². The fourth-order valence-corrected chi connectivity index (χ4v) is 7.72. The lowest BCUT2D eigenvalue weighted by Crippen LogP contribution is -2.32. The maximum atomic E-state index is 6.49. The first-order chi connectivity index (χ1) is 22.3. The SMILES string of the molecule is c1ccc(-n2c3ccccc3c3cc(-c4cnc5c(c4)C4(c6ccccc6Oc6ccccc64)c4cccnc4-5)ccc32)cc1. The highest BCUT2D eigenvalue weighted by Crippen LogP contribution is 2.61. The molecule has 1 spiro atoms. The average molecular weight is 576 g/mol. The highest BCUT2D eigenvalue weighted by atomic mass is 16.5. The average Bonchev–Trinajstić information content (AvgIpc) is 3.59. The third-order valence-electron chi connectivity index (χ3n) is 9.55. The maximum Gasteiger partial charge on any atom is 0.132 e. The lowest BCUT2D eigenvalue weighted by atomic mass is 9.66. The number of hydrogen-bond acceptors (Lipinski definition) is 3. The Morgan fingerprint density at radius 1 is 0.489 bits per heavy atom. The molecule has 10 rings (SSSR count). The van der Waals surface area contributed by atoms with Crippen LogP contribution in [0.5, 0.6) is 11.5 Å². The quantitative estimate of drug-likeness (QED) is 0.206. The van der Waals surface area contributed by atoms with Gasteiger partial charge in [0.1, 0.15) is 11.5 Å². The van der Waals surface area contributed by atoms with Gasteiger partial charge in [0.2, 0.25) is 0 Å². The number of benzene rings is 5. The van der Waals surface area contributed by atoms with Crippen LogP contribution < -0.4 is 4.74 Å². The zero-order chi connectivity index (χ0) is 29.5. The summed E-state index contributed by atoms with van der Waals surface area (Å²) in [5, 5.41) is 2.45. The standard InChI is InChI=1S/C41H25N3O/c1-2-11-28(12-3-1)44-35-17-7-4-13-29(35)30-23-26(20-21-36(30)44)27-24-34-40(43-25-27)39-33(16-10-22-42-39)41(34)31-14-5-8-18-37(31)45-38-19-9-6-15-32(38)41/h1-25H. The van der Waals surface area contributed by atoms with Gasteiger partial charge in [-0.3, -0.25) is 9.97 Å². The van der Waals surface area contributed by atoms with Crippen molar-refractivity contribution in [3.8, 4) is 39.7 Å². The fourth-order valence-electron chi connectivity index (χ4n) is 7.72. The first kappa shape index (κ1) is 24.4. The van der Waals surface area contributed by atoms with E-state index < -0.39 is 5.41 Å². The topological polar surface area (TPSA) is 39.9 Å². The second-order valence-electron chi connectivity index (χ2n) is 11.8. The molecule has 8 aromatic rings. The summed E-state index contributed by atoms with van der Waals surface area (Å²) in [5.41, 5.74) is 11.4. The van der Waals surface area contributed by atoms with Gasteiger partial charge in [-0.15, -0.1) is 0 Å². The molecule has 0 fully saturated rings. The van der Waals surface area contributed by atoms with E-state index in [-0.39, 0.29) is 0 Å². The number of fused-ring (bicyclic) bond motifs is 12. The molecule has 2 aliphatic rings. The molecule has 3 aromatic heterocycles. The number of rotatable bonds is 2. The van der Waals surface area contributed by atoms with Crippen LogP contribution in [0.4, 0.5) is 0 Å². The van der Waals surface area contributed by atoms with Crippen LogP contribution in [0.25, 0.3) is 50.0 Å². The van der Waals surface area contributed by atoms with Crippen LogP contribution in [0.15, 0.2) is 152 Å². The lowest BCUT2D eigenvalue weighted by molar-refractivity contribution is 0.436. The number of para-hydroxylation sites is 4. The molecule has 5 aromatic carbocycles. The van der Waals surface area contributed by atoms with Crippen LogP contribution in [0.2, 0.25) is 0 Å². The van der Waals surface area contributed by atoms with Gasteiger partial charge in [-0.2, -0.15) is 0 Å². The smallest absolute Gasteiger partial charge is 0.132 e. The van der Waals surface area contributed by atoms with Crippen molar-refractivity contribution in [1.82, 2.24) is 14.5 Å². The van der Waals surface area contributed by atoms with E-state index in [9.17, 15) is 0 Å². The summed E-state index contributed by atoms with van der Waals surface area (Å²) in [6, 6.07) is 49.4. The van der Waals surface area contributed by atoms with Crippen LogP contribution in [0, 0.1) is 0 Å². The number of nitrogens with zero attached hydrogens (tertiary/aromatic N) is 3. The number of aromatic nitrogens is 3. The van der Waals surface area contributed by atoms with Crippen molar-refractivity contribution >= 4 is 21.8 Å². The van der Waals surface area contributed by atoms with Crippen molar-refractivity contribution in [1.29, 1.82) is 0 Å². The Morgan fingerprint density at radius 2 is 1.16 bits per heavy atom. The molecule has 0 bridgehead atoms. The Labute approximate surface area is 259 Å². The molecular formula is C41H25N3O. The van der Waals surface area contributed by atoms with Gasteiger partial charge in [-0.05, 0) is 65.7 Å². The number of pyridine rings is 2. The van der Waals surface area contributed by atoms with Crippen molar-refractivity contribution in [2.24, 2.45) is 0 Å². The Bertz CT molecular complexity index is 2430. The summed E-state index contributed by atoms with van der Waals surface area (Å²) in [6.45, 7) is 0. The minimum absolute atomic E-state index is 0.596. The van der Waals surface area contributed by atoms with Crippen LogP contribution in [0.3, 0.4) is 0 Å². The van der Waals surface area contributed by atoms with E-state index >= 15 is 0 Å². The second-order valence-corrected chi connectivity index (χ2v) is 11.8. The summed E-state index contributed by atoms with van der Waals surface area (Å²) < 4.78 is 8.84. The van der Waals surface area contributed by atoms with Gasteiger partial charge >= 0.3 is 0 Å². The van der Waals surface area contributed by atoms with E-state index in [1.54, 1.807) is 0 Å². The first-order valence-electron chi connectivity index (χ1n) is 15.2. The van der Waals surface area contributed by atoms with Gasteiger partial charge in [-0.1, -0.05) is 84.9 Å². The summed E-state index contributed by atoms with van der Waals surface area (Å²) in [6.07, 6.45) is 3.87. The summed E-state index contributed by atoms with van der Waals surface area (Å²) in [4.78, 5) is 10.1. The third kappa shape index (κ3) is 3.20. The van der Waals surface area contributed by atoms with E-state index in [2.05, 4.69) is 126 Å². The van der Waals surface area contributed by atoms with Crippen LogP contribution in [0.1, 0.15) is 22.3 Å². The van der Waals surface area contributed by atoms with Crippen LogP contribution in [-0.2, 0) is 5.41 Å². The van der Waals surface area contributed by atoms with Gasteiger partial charge < -0.3 is 9.30 Å². The van der Waals surface area contributed by atoms with Crippen molar-refractivity contribution in [2.75, 3.05) is 0 Å². The molecule has 0 N–H and O–H groups in total. The van der Waals surface area contributed by atoms with Gasteiger partial charge in [0.25, 0.3) is 0 Å². The lowest BCUT2D eigenvalue weighted by Gasteiger charge is -2.38. The second kappa shape index (κ2) is 9.01. The summed E-state index contributed by atoms with van der Waals surface area (Å²) in [7, 11) is 0. The molecule has 4 heterocycles. The van der Waals surface area contributed by atoms with E-state index in [1.165, 1.54) is 21.8 Å². The molecule has 4 heteroatoms. The Kier molecular flexibility index (Phi) is 4.89. The third-order valence-corrected chi connectivity index (χ3v) is 9.55. The highest BCUT2D eigenvalue weighted by Gasteiger charge is 2.52. The zero-order valence-corrected chi connectivity index (χ0v) is 24.2. The first-order valence-corrected chi connectivity index (χ1v) is 15.2. The molecule has 0 amide bonds. The highest BCUT2D eigenvalue weighted by molar-refractivity contribution is 6.10. The molecule has 0 saturated heterocycles. The monoisotopic (exact) mass is 575 g/mol. The minimum atomic E-state index is -0.596. The Balaban J connectivity index is 1.24. The molecule has 45 heavy (non-hydrogen) atoms.